The first-order valence-electron chi connectivity index (χ1n) is 8.69. The third kappa shape index (κ3) is 4.60. The molecule has 25 heavy (non-hydrogen) atoms. The molecule has 0 saturated carbocycles. The van der Waals surface area contributed by atoms with Crippen molar-refractivity contribution < 1.29 is 14.1 Å². The minimum absolute atomic E-state index is 0.0365. The van der Waals surface area contributed by atoms with Crippen LogP contribution in [0.3, 0.4) is 0 Å². The lowest BCUT2D eigenvalue weighted by Crippen LogP contribution is -2.38. The van der Waals surface area contributed by atoms with Crippen LogP contribution in [0.1, 0.15) is 29.0 Å². The average Bonchev–Trinajstić information content (AvgIpc) is 3.21. The van der Waals surface area contributed by atoms with Gasteiger partial charge >= 0.3 is 6.03 Å². The molecule has 6 heteroatoms. The van der Waals surface area contributed by atoms with Crippen molar-refractivity contribution in [2.45, 2.75) is 33.4 Å². The molecule has 0 aliphatic carbocycles. The fourth-order valence-electron chi connectivity index (χ4n) is 3.10. The molecule has 1 N–H and O–H groups in total. The van der Waals surface area contributed by atoms with Crippen molar-refractivity contribution in [3.05, 3.63) is 52.9 Å². The summed E-state index contributed by atoms with van der Waals surface area (Å²) in [6.07, 6.45) is 0.980. The van der Waals surface area contributed by atoms with Crippen molar-refractivity contribution in [2.75, 3.05) is 19.7 Å². The lowest BCUT2D eigenvalue weighted by atomic mass is 10.1. The van der Waals surface area contributed by atoms with Crippen molar-refractivity contribution in [1.29, 1.82) is 0 Å². The molecule has 1 fully saturated rings. The molecule has 1 aliphatic rings. The molecule has 0 bridgehead atoms. The van der Waals surface area contributed by atoms with E-state index in [1.165, 1.54) is 5.56 Å². The molecule has 1 aliphatic heterocycles. The normalized spacial score (nSPS) is 17.0. The molecule has 6 nitrogen and oxygen atoms in total. The zero-order valence-corrected chi connectivity index (χ0v) is 14.8. The number of rotatable bonds is 6. The van der Waals surface area contributed by atoms with Gasteiger partial charge in [0.25, 0.3) is 0 Å². The Morgan fingerprint density at radius 3 is 2.88 bits per heavy atom. The lowest BCUT2D eigenvalue weighted by molar-refractivity contribution is 0.0897. The molecule has 1 saturated heterocycles. The first kappa shape index (κ1) is 17.5. The van der Waals surface area contributed by atoms with Crippen LogP contribution in [0.25, 0.3) is 0 Å². The van der Waals surface area contributed by atoms with E-state index in [9.17, 15) is 4.79 Å². The maximum atomic E-state index is 12.3. The van der Waals surface area contributed by atoms with Gasteiger partial charge in [-0.25, -0.2) is 4.79 Å². The molecule has 0 spiro atoms. The second-order valence-electron chi connectivity index (χ2n) is 6.56. The summed E-state index contributed by atoms with van der Waals surface area (Å²) >= 11 is 0. The maximum absolute atomic E-state index is 12.3. The Labute approximate surface area is 148 Å². The summed E-state index contributed by atoms with van der Waals surface area (Å²) in [5, 5.41) is 6.86. The third-order valence-electron chi connectivity index (χ3n) is 4.64. The highest BCUT2D eigenvalue weighted by Gasteiger charge is 2.26. The number of nitrogens with zero attached hydrogens (tertiary/aromatic N) is 2. The van der Waals surface area contributed by atoms with Crippen molar-refractivity contribution in [1.82, 2.24) is 15.4 Å². The molecule has 1 atom stereocenters. The summed E-state index contributed by atoms with van der Waals surface area (Å²) in [6.45, 7) is 7.00. The molecule has 2 amide bonds. The van der Waals surface area contributed by atoms with Gasteiger partial charge in [0.15, 0.2) is 0 Å². The summed E-state index contributed by atoms with van der Waals surface area (Å²) in [7, 11) is 0. The van der Waals surface area contributed by atoms with Gasteiger partial charge in [-0.1, -0.05) is 35.5 Å². The average molecular weight is 343 g/mol. The SMILES string of the molecule is Cc1noc(C)c1CNC(=O)N1CC[C@H](COCc2ccccc2)C1. The Morgan fingerprint density at radius 1 is 1.36 bits per heavy atom. The van der Waals surface area contributed by atoms with Gasteiger partial charge < -0.3 is 19.5 Å². The minimum Gasteiger partial charge on any atom is -0.376 e. The molecule has 0 radical (unpaired) electrons. The fraction of sp³-hybridized carbons (Fsp3) is 0.474. The Balaban J connectivity index is 1.39. The number of aromatic nitrogens is 1. The van der Waals surface area contributed by atoms with E-state index >= 15 is 0 Å². The summed E-state index contributed by atoms with van der Waals surface area (Å²) in [6, 6.07) is 10.1. The number of nitrogens with one attached hydrogen (secondary N) is 1. The van der Waals surface area contributed by atoms with Crippen LogP contribution < -0.4 is 5.32 Å². The standard InChI is InChI=1S/C19H25N3O3/c1-14-18(15(2)25-21-14)10-20-19(23)22-9-8-17(11-22)13-24-12-16-6-4-3-5-7-16/h3-7,17H,8-13H2,1-2H3,(H,20,23)/t17-/m0/s1. The molecular formula is C19H25N3O3. The van der Waals surface area contributed by atoms with Gasteiger partial charge in [0.2, 0.25) is 0 Å². The Kier molecular flexibility index (Phi) is 5.71. The van der Waals surface area contributed by atoms with Gasteiger partial charge in [-0.15, -0.1) is 0 Å². The second kappa shape index (κ2) is 8.16. The highest BCUT2D eigenvalue weighted by atomic mass is 16.5. The number of carbonyl (C=O) groups excluding carboxylic acids is 1. The van der Waals surface area contributed by atoms with Gasteiger partial charge in [0.1, 0.15) is 5.76 Å². The van der Waals surface area contributed by atoms with E-state index in [1.54, 1.807) is 0 Å². The van der Waals surface area contributed by atoms with Gasteiger partial charge in [-0.05, 0) is 25.8 Å². The topological polar surface area (TPSA) is 67.6 Å². The Bertz CT molecular complexity index is 680. The Hall–Kier alpha value is -2.34. The number of ether oxygens (including phenoxy) is 1. The van der Waals surface area contributed by atoms with Crippen LogP contribution in [0.4, 0.5) is 4.79 Å². The van der Waals surface area contributed by atoms with Crippen LogP contribution in [0.2, 0.25) is 0 Å². The number of carbonyl (C=O) groups is 1. The smallest absolute Gasteiger partial charge is 0.317 e. The van der Waals surface area contributed by atoms with Crippen molar-refractivity contribution in [2.24, 2.45) is 5.92 Å². The van der Waals surface area contributed by atoms with Gasteiger partial charge in [0, 0.05) is 31.1 Å². The number of amides is 2. The molecule has 1 aromatic heterocycles. The highest BCUT2D eigenvalue weighted by molar-refractivity contribution is 5.74. The summed E-state index contributed by atoms with van der Waals surface area (Å²) < 4.78 is 10.9. The predicted octanol–water partition coefficient (Wildman–Crippen LogP) is 3.04. The fourth-order valence-corrected chi connectivity index (χ4v) is 3.10. The molecule has 2 aromatic rings. The summed E-state index contributed by atoms with van der Waals surface area (Å²) in [5.41, 5.74) is 2.95. The van der Waals surface area contributed by atoms with E-state index in [0.717, 1.165) is 36.5 Å². The highest BCUT2D eigenvalue weighted by Crippen LogP contribution is 2.18. The van der Waals surface area contributed by atoms with Crippen molar-refractivity contribution >= 4 is 6.03 Å². The first-order chi connectivity index (χ1) is 12.1. The van der Waals surface area contributed by atoms with Crippen LogP contribution in [0.5, 0.6) is 0 Å². The van der Waals surface area contributed by atoms with Crippen LogP contribution in [0.15, 0.2) is 34.9 Å². The van der Waals surface area contributed by atoms with Crippen LogP contribution in [0, 0.1) is 19.8 Å². The van der Waals surface area contributed by atoms with E-state index in [1.807, 2.05) is 36.9 Å². The summed E-state index contributed by atoms with van der Waals surface area (Å²) in [5.74, 6) is 1.15. The van der Waals surface area contributed by atoms with Crippen molar-refractivity contribution in [3.8, 4) is 0 Å². The second-order valence-corrected chi connectivity index (χ2v) is 6.56. The number of likely N-dealkylation sites (tertiary alicyclic amines) is 1. The Morgan fingerprint density at radius 2 is 2.16 bits per heavy atom. The molecule has 134 valence electrons. The molecule has 3 rings (SSSR count). The largest absolute Gasteiger partial charge is 0.376 e. The van der Waals surface area contributed by atoms with E-state index in [0.29, 0.717) is 25.7 Å². The van der Waals surface area contributed by atoms with Crippen LogP contribution in [-0.4, -0.2) is 35.8 Å². The number of urea groups is 1. The maximum Gasteiger partial charge on any atom is 0.317 e. The zero-order chi connectivity index (χ0) is 17.6. The van der Waals surface area contributed by atoms with E-state index in [4.69, 9.17) is 9.26 Å². The van der Waals surface area contributed by atoms with E-state index < -0.39 is 0 Å². The minimum atomic E-state index is -0.0365. The van der Waals surface area contributed by atoms with E-state index in [-0.39, 0.29) is 6.03 Å². The van der Waals surface area contributed by atoms with Crippen LogP contribution >= 0.6 is 0 Å². The van der Waals surface area contributed by atoms with Gasteiger partial charge in [-0.2, -0.15) is 0 Å². The molecule has 2 heterocycles. The van der Waals surface area contributed by atoms with Gasteiger partial charge in [0.05, 0.1) is 18.9 Å². The predicted molar refractivity (Wildman–Crippen MR) is 94.0 cm³/mol. The molecular weight excluding hydrogens is 318 g/mol. The molecule has 1 aromatic carbocycles. The molecule has 0 unspecified atom stereocenters. The first-order valence-corrected chi connectivity index (χ1v) is 8.69. The third-order valence-corrected chi connectivity index (χ3v) is 4.64. The zero-order valence-electron chi connectivity index (χ0n) is 14.8. The number of hydrogen-bond acceptors (Lipinski definition) is 4. The lowest BCUT2D eigenvalue weighted by Gasteiger charge is -2.17. The van der Waals surface area contributed by atoms with Gasteiger partial charge in [-0.3, -0.25) is 0 Å². The number of aryl methyl sites for hydroxylation is 2. The van der Waals surface area contributed by atoms with E-state index in [2.05, 4.69) is 22.6 Å². The monoisotopic (exact) mass is 343 g/mol. The summed E-state index contributed by atoms with van der Waals surface area (Å²) in [4.78, 5) is 14.2. The van der Waals surface area contributed by atoms with Crippen LogP contribution in [-0.2, 0) is 17.9 Å². The number of hydrogen-bond donors (Lipinski definition) is 1. The quantitative estimate of drug-likeness (QED) is 0.875. The number of benzene rings is 1. The van der Waals surface area contributed by atoms with Crippen molar-refractivity contribution in [3.63, 3.8) is 0 Å².